The van der Waals surface area contributed by atoms with E-state index in [1.807, 2.05) is 0 Å². The zero-order valence-corrected chi connectivity index (χ0v) is 39.8. The van der Waals surface area contributed by atoms with Gasteiger partial charge in [-0.1, -0.05) is 221 Å². The Kier molecular flexibility index (Phi) is 43.6. The summed E-state index contributed by atoms with van der Waals surface area (Å²) in [5.41, 5.74) is 0. The molecule has 0 aliphatic heterocycles. The molecule has 0 heterocycles. The molecule has 5 nitrogen and oxygen atoms in total. The average Bonchev–Trinajstić information content (AvgIpc) is 3.21. The van der Waals surface area contributed by atoms with Crippen LogP contribution in [0.25, 0.3) is 0 Å². The van der Waals surface area contributed by atoms with Crippen LogP contribution >= 0.6 is 0 Å². The average molecular weight is 806 g/mol. The molecule has 0 amide bonds. The van der Waals surface area contributed by atoms with Gasteiger partial charge in [-0.25, -0.2) is 0 Å². The van der Waals surface area contributed by atoms with E-state index in [2.05, 4.69) is 46.4 Å². The molecule has 0 aromatic heterocycles. The van der Waals surface area contributed by atoms with Gasteiger partial charge in [0.25, 0.3) is 0 Å². The fourth-order valence-corrected chi connectivity index (χ4v) is 8.77. The fraction of sp³-hybridized carbons (Fsp3) is 0.962. The molecule has 0 saturated carbocycles. The summed E-state index contributed by atoms with van der Waals surface area (Å²) in [6.45, 7) is 18.5. The number of hydrogen-bond donors (Lipinski definition) is 0. The van der Waals surface area contributed by atoms with Crippen LogP contribution in [-0.2, 0) is 19.1 Å². The summed E-state index contributed by atoms with van der Waals surface area (Å²) in [6, 6.07) is 0. The summed E-state index contributed by atoms with van der Waals surface area (Å²) < 4.78 is 11.3. The summed E-state index contributed by atoms with van der Waals surface area (Å²) in [6.07, 6.45) is 44.4. The number of rotatable bonds is 46. The van der Waals surface area contributed by atoms with Crippen molar-refractivity contribution in [2.24, 2.45) is 17.8 Å². The van der Waals surface area contributed by atoms with Crippen molar-refractivity contribution >= 4 is 11.9 Å². The minimum absolute atomic E-state index is 0.0220. The Balaban J connectivity index is 4.04. The number of ether oxygens (including phenoxy) is 2. The topological polar surface area (TPSA) is 55.8 Å². The first kappa shape index (κ1) is 55.9. The van der Waals surface area contributed by atoms with E-state index in [1.165, 1.54) is 186 Å². The molecule has 0 atom stereocenters. The monoisotopic (exact) mass is 806 g/mol. The normalized spacial score (nSPS) is 11.8. The lowest BCUT2D eigenvalue weighted by molar-refractivity contribution is -0.145. The van der Waals surface area contributed by atoms with Gasteiger partial charge in [0.1, 0.15) is 0 Å². The summed E-state index contributed by atoms with van der Waals surface area (Å²) >= 11 is 0. The van der Waals surface area contributed by atoms with Gasteiger partial charge in [-0.15, -0.1) is 0 Å². The third kappa shape index (κ3) is 38.8. The molecule has 0 aliphatic rings. The number of hydrogen-bond acceptors (Lipinski definition) is 5. The second-order valence-corrected chi connectivity index (χ2v) is 18.1. The van der Waals surface area contributed by atoms with Gasteiger partial charge in [-0.2, -0.15) is 0 Å². The summed E-state index contributed by atoms with van der Waals surface area (Å²) in [7, 11) is 0. The highest BCUT2D eigenvalue weighted by Crippen LogP contribution is 2.24. The molecule has 0 saturated heterocycles. The lowest BCUT2D eigenvalue weighted by atomic mass is 9.92. The molecular formula is C52H103NO4. The van der Waals surface area contributed by atoms with Crippen LogP contribution in [-0.4, -0.2) is 49.7 Å². The Morgan fingerprint density at radius 3 is 0.947 bits per heavy atom. The molecule has 0 radical (unpaired) electrons. The van der Waals surface area contributed by atoms with Crippen LogP contribution in [0, 0.1) is 17.8 Å². The summed E-state index contributed by atoms with van der Waals surface area (Å²) in [4.78, 5) is 27.3. The van der Waals surface area contributed by atoms with E-state index in [0.29, 0.717) is 26.1 Å². The summed E-state index contributed by atoms with van der Waals surface area (Å²) in [5, 5.41) is 0. The van der Waals surface area contributed by atoms with Gasteiger partial charge in [0, 0.05) is 19.4 Å². The maximum Gasteiger partial charge on any atom is 0.305 e. The van der Waals surface area contributed by atoms with Crippen LogP contribution in [0.4, 0.5) is 0 Å². The molecule has 0 aliphatic carbocycles. The van der Waals surface area contributed by atoms with Crippen molar-refractivity contribution in [3.63, 3.8) is 0 Å². The highest BCUT2D eigenvalue weighted by Gasteiger charge is 2.14. The van der Waals surface area contributed by atoms with Crippen LogP contribution in [0.15, 0.2) is 0 Å². The maximum absolute atomic E-state index is 12.3. The van der Waals surface area contributed by atoms with Crippen molar-refractivity contribution in [1.29, 1.82) is 0 Å². The molecule has 0 aromatic carbocycles. The fourth-order valence-electron chi connectivity index (χ4n) is 8.77. The van der Waals surface area contributed by atoms with Crippen LogP contribution in [0.1, 0.15) is 273 Å². The first-order chi connectivity index (χ1) is 27.9. The van der Waals surface area contributed by atoms with Crippen molar-refractivity contribution in [3.8, 4) is 0 Å². The highest BCUT2D eigenvalue weighted by atomic mass is 16.5. The molecule has 0 rings (SSSR count). The second-order valence-electron chi connectivity index (χ2n) is 18.1. The number of esters is 2. The Labute approximate surface area is 358 Å². The van der Waals surface area contributed by atoms with Gasteiger partial charge in [0.2, 0.25) is 0 Å². The number of nitrogens with zero attached hydrogens (tertiary/aromatic N) is 1. The minimum atomic E-state index is 0.0220. The van der Waals surface area contributed by atoms with E-state index in [1.54, 1.807) is 0 Å². The number of carbonyl (C=O) groups excluding carboxylic acids is 2. The zero-order valence-electron chi connectivity index (χ0n) is 39.8. The van der Waals surface area contributed by atoms with Crippen LogP contribution < -0.4 is 0 Å². The van der Waals surface area contributed by atoms with Crippen molar-refractivity contribution in [2.45, 2.75) is 273 Å². The van der Waals surface area contributed by atoms with Crippen molar-refractivity contribution in [1.82, 2.24) is 4.90 Å². The van der Waals surface area contributed by atoms with Crippen molar-refractivity contribution in [3.05, 3.63) is 0 Å². The first-order valence-corrected chi connectivity index (χ1v) is 26.0. The van der Waals surface area contributed by atoms with E-state index in [4.69, 9.17) is 9.47 Å². The predicted octanol–water partition coefficient (Wildman–Crippen LogP) is 16.4. The molecule has 0 N–H and O–H groups in total. The van der Waals surface area contributed by atoms with Gasteiger partial charge in [-0.05, 0) is 69.4 Å². The maximum atomic E-state index is 12.3. The van der Waals surface area contributed by atoms with E-state index < -0.39 is 0 Å². The molecule has 0 spiro atoms. The van der Waals surface area contributed by atoms with E-state index in [0.717, 1.165) is 69.4 Å². The molecule has 340 valence electrons. The third-order valence-electron chi connectivity index (χ3n) is 12.8. The van der Waals surface area contributed by atoms with Crippen molar-refractivity contribution in [2.75, 3.05) is 32.8 Å². The largest absolute Gasteiger partial charge is 0.466 e. The quantitative estimate of drug-likeness (QED) is 0.0453. The van der Waals surface area contributed by atoms with Crippen LogP contribution in [0.3, 0.4) is 0 Å². The molecule has 5 heteroatoms. The Morgan fingerprint density at radius 1 is 0.351 bits per heavy atom. The van der Waals surface area contributed by atoms with E-state index >= 15 is 0 Å². The summed E-state index contributed by atoms with van der Waals surface area (Å²) in [5.74, 6) is 2.33. The Morgan fingerprint density at radius 2 is 0.632 bits per heavy atom. The Hall–Kier alpha value is -1.10. The molecule has 0 aromatic rings. The zero-order chi connectivity index (χ0) is 41.9. The van der Waals surface area contributed by atoms with Crippen molar-refractivity contribution < 1.29 is 19.1 Å². The van der Waals surface area contributed by atoms with Gasteiger partial charge >= 0.3 is 11.9 Å². The third-order valence-corrected chi connectivity index (χ3v) is 12.8. The molecular weight excluding hydrogens is 703 g/mol. The van der Waals surface area contributed by atoms with Crippen LogP contribution in [0.2, 0.25) is 0 Å². The SMILES string of the molecule is CCCCCC(CCCCC)CCOC(=O)CCCCCCCCCC(CCCCCCCCCC(=O)OCCC(CCCCC)CCCCC)CN(CC)CC. The van der Waals surface area contributed by atoms with Gasteiger partial charge < -0.3 is 14.4 Å². The molecule has 0 bridgehead atoms. The Bertz CT molecular complexity index is 749. The standard InChI is InChI=1S/C52H103NO4/c1-7-13-27-35-48(36-28-14-8-2)43-45-56-51(54)41-33-25-21-17-19-23-31-39-50(47-53(11-5)12-6)40-32-24-20-18-22-26-34-42-52(55)57-46-44-49(37-29-15-9-3)38-30-16-10-4/h48-50H,7-47H2,1-6H3. The predicted molar refractivity (Wildman–Crippen MR) is 249 cm³/mol. The first-order valence-electron chi connectivity index (χ1n) is 26.0. The lowest BCUT2D eigenvalue weighted by Crippen LogP contribution is -2.29. The van der Waals surface area contributed by atoms with E-state index in [-0.39, 0.29) is 11.9 Å². The molecule has 57 heavy (non-hydrogen) atoms. The second kappa shape index (κ2) is 44.5. The number of carbonyl (C=O) groups is 2. The van der Waals surface area contributed by atoms with Crippen LogP contribution in [0.5, 0.6) is 0 Å². The highest BCUT2D eigenvalue weighted by molar-refractivity contribution is 5.69. The smallest absolute Gasteiger partial charge is 0.305 e. The van der Waals surface area contributed by atoms with E-state index in [9.17, 15) is 9.59 Å². The van der Waals surface area contributed by atoms with Gasteiger partial charge in [0.05, 0.1) is 13.2 Å². The molecule has 0 fully saturated rings. The number of unbranched alkanes of at least 4 members (excludes halogenated alkanes) is 20. The lowest BCUT2D eigenvalue weighted by Gasteiger charge is -2.25. The molecule has 0 unspecified atom stereocenters. The van der Waals surface area contributed by atoms with Gasteiger partial charge in [-0.3, -0.25) is 9.59 Å². The minimum Gasteiger partial charge on any atom is -0.466 e. The van der Waals surface area contributed by atoms with Gasteiger partial charge in [0.15, 0.2) is 0 Å².